The molecule has 1 N–H and O–H groups in total. The van der Waals surface area contributed by atoms with E-state index >= 15 is 0 Å². The summed E-state index contributed by atoms with van der Waals surface area (Å²) in [5.74, 6) is 0.995. The first-order valence-corrected chi connectivity index (χ1v) is 6.98. The summed E-state index contributed by atoms with van der Waals surface area (Å²) < 4.78 is 4.41. The molecule has 2 saturated carbocycles. The number of nitriles is 1. The molecule has 4 heteroatoms. The second-order valence-electron chi connectivity index (χ2n) is 5.69. The molecule has 2 fully saturated rings. The maximum atomic E-state index is 11.4. The van der Waals surface area contributed by atoms with Crippen LogP contribution in [0.5, 0.6) is 0 Å². The Morgan fingerprint density at radius 3 is 2.00 bits per heavy atom. The lowest BCUT2D eigenvalue weighted by atomic mass is 9.70. The number of esters is 1. The lowest BCUT2D eigenvalue weighted by Crippen LogP contribution is -2.29. The molecule has 2 aliphatic carbocycles. The molecule has 18 heavy (non-hydrogen) atoms. The van der Waals surface area contributed by atoms with Crippen LogP contribution in [0.4, 0.5) is 0 Å². The van der Waals surface area contributed by atoms with E-state index in [2.05, 4.69) is 4.74 Å². The van der Waals surface area contributed by atoms with Gasteiger partial charge in [-0.25, -0.2) is 0 Å². The fourth-order valence-corrected chi connectivity index (χ4v) is 3.53. The molecule has 0 aromatic carbocycles. The van der Waals surface area contributed by atoms with Crippen LogP contribution in [0.1, 0.15) is 51.4 Å². The number of aliphatic hydroxyl groups excluding tert-OH is 1. The van der Waals surface area contributed by atoms with E-state index in [-0.39, 0.29) is 18.0 Å². The van der Waals surface area contributed by atoms with Crippen LogP contribution in [-0.2, 0) is 9.53 Å². The smallest absolute Gasteiger partial charge is 0.324 e. The van der Waals surface area contributed by atoms with Gasteiger partial charge in [0.15, 0.2) is 0 Å². The van der Waals surface area contributed by atoms with Crippen molar-refractivity contribution >= 4 is 5.97 Å². The van der Waals surface area contributed by atoms with Crippen molar-refractivity contribution < 1.29 is 14.6 Å². The van der Waals surface area contributed by atoms with Crippen LogP contribution in [0, 0.1) is 29.3 Å². The van der Waals surface area contributed by atoms with Gasteiger partial charge in [-0.15, -0.1) is 5.26 Å². The van der Waals surface area contributed by atoms with Crippen LogP contribution in [0.3, 0.4) is 0 Å². The van der Waals surface area contributed by atoms with E-state index in [1.807, 2.05) is 0 Å². The molecule has 0 unspecified atom stereocenters. The molecule has 0 aromatic rings. The van der Waals surface area contributed by atoms with Crippen molar-refractivity contribution in [2.45, 2.75) is 57.5 Å². The van der Waals surface area contributed by atoms with E-state index in [1.54, 1.807) is 0 Å². The first-order chi connectivity index (χ1) is 8.70. The summed E-state index contributed by atoms with van der Waals surface area (Å²) in [5, 5.41) is 17.8. The van der Waals surface area contributed by atoms with Crippen LogP contribution in [0.15, 0.2) is 0 Å². The number of carbonyl (C=O) groups is 1. The molecule has 100 valence electrons. The van der Waals surface area contributed by atoms with Gasteiger partial charge in [0, 0.05) is 0 Å². The van der Waals surface area contributed by atoms with Crippen LogP contribution in [0.2, 0.25) is 0 Å². The zero-order valence-electron chi connectivity index (χ0n) is 10.7. The average Bonchev–Trinajstić information content (AvgIpc) is 2.40. The summed E-state index contributed by atoms with van der Waals surface area (Å²) >= 11 is 0. The SMILES string of the molecule is N#COC(=O)C1CCC(C2CCC(O)CC2)CC1. The quantitative estimate of drug-likeness (QED) is 0.604. The molecule has 2 rings (SSSR count). The monoisotopic (exact) mass is 251 g/mol. The van der Waals surface area contributed by atoms with Crippen molar-refractivity contribution in [3.8, 4) is 6.26 Å². The number of rotatable bonds is 2. The number of ether oxygens (including phenoxy) is 1. The fraction of sp³-hybridized carbons (Fsp3) is 0.857. The fourth-order valence-electron chi connectivity index (χ4n) is 3.53. The van der Waals surface area contributed by atoms with Gasteiger partial charge in [0.25, 0.3) is 6.26 Å². The third kappa shape index (κ3) is 3.23. The van der Waals surface area contributed by atoms with E-state index in [9.17, 15) is 9.90 Å². The molecular formula is C14H21NO3. The summed E-state index contributed by atoms with van der Waals surface area (Å²) in [4.78, 5) is 11.4. The van der Waals surface area contributed by atoms with E-state index in [1.165, 1.54) is 6.26 Å². The largest absolute Gasteiger partial charge is 0.393 e. The number of hydrogen-bond acceptors (Lipinski definition) is 4. The molecule has 0 amide bonds. The summed E-state index contributed by atoms with van der Waals surface area (Å²) in [6, 6.07) is 0. The number of nitrogens with zero attached hydrogens (tertiary/aromatic N) is 1. The van der Waals surface area contributed by atoms with Crippen molar-refractivity contribution in [1.82, 2.24) is 0 Å². The Bertz CT molecular complexity index is 320. The molecule has 0 bridgehead atoms. The molecule has 0 radical (unpaired) electrons. The minimum atomic E-state index is -0.352. The zero-order valence-corrected chi connectivity index (χ0v) is 10.7. The molecule has 0 aliphatic heterocycles. The van der Waals surface area contributed by atoms with Crippen molar-refractivity contribution in [3.63, 3.8) is 0 Å². The third-order valence-corrected chi connectivity index (χ3v) is 4.66. The van der Waals surface area contributed by atoms with Crippen LogP contribution >= 0.6 is 0 Å². The standard InChI is InChI=1S/C14H21NO3/c15-9-18-14(17)12-3-1-10(2-4-12)11-5-7-13(16)8-6-11/h10-13,16H,1-8H2. The van der Waals surface area contributed by atoms with Crippen molar-refractivity contribution in [1.29, 1.82) is 5.26 Å². The van der Waals surface area contributed by atoms with Gasteiger partial charge in [0.1, 0.15) is 0 Å². The van der Waals surface area contributed by atoms with Gasteiger partial charge in [-0.05, 0) is 63.2 Å². The first-order valence-electron chi connectivity index (χ1n) is 6.98. The molecule has 0 aromatic heterocycles. The van der Waals surface area contributed by atoms with E-state index in [0.29, 0.717) is 5.92 Å². The second kappa shape index (κ2) is 6.19. The summed E-state index contributed by atoms with van der Waals surface area (Å²) in [7, 11) is 0. The van der Waals surface area contributed by atoms with Crippen molar-refractivity contribution in [3.05, 3.63) is 0 Å². The van der Waals surface area contributed by atoms with Gasteiger partial charge in [-0.3, -0.25) is 4.79 Å². The lowest BCUT2D eigenvalue weighted by Gasteiger charge is -2.36. The third-order valence-electron chi connectivity index (χ3n) is 4.66. The molecule has 0 heterocycles. The Hall–Kier alpha value is -1.08. The van der Waals surface area contributed by atoms with Crippen LogP contribution < -0.4 is 0 Å². The maximum absolute atomic E-state index is 11.4. The Balaban J connectivity index is 1.76. The van der Waals surface area contributed by atoms with Gasteiger partial charge in [0.05, 0.1) is 12.0 Å². The van der Waals surface area contributed by atoms with Gasteiger partial charge in [-0.2, -0.15) is 0 Å². The second-order valence-corrected chi connectivity index (χ2v) is 5.69. The molecule has 0 atom stereocenters. The van der Waals surface area contributed by atoms with Crippen LogP contribution in [-0.4, -0.2) is 17.2 Å². The van der Waals surface area contributed by atoms with Crippen LogP contribution in [0.25, 0.3) is 0 Å². The molecular weight excluding hydrogens is 230 g/mol. The summed E-state index contributed by atoms with van der Waals surface area (Å²) in [5.41, 5.74) is 0. The lowest BCUT2D eigenvalue weighted by molar-refractivity contribution is -0.143. The average molecular weight is 251 g/mol. The topological polar surface area (TPSA) is 70.3 Å². The van der Waals surface area contributed by atoms with Gasteiger partial charge in [-0.1, -0.05) is 0 Å². The molecule has 4 nitrogen and oxygen atoms in total. The van der Waals surface area contributed by atoms with Gasteiger partial charge >= 0.3 is 5.97 Å². The van der Waals surface area contributed by atoms with Crippen molar-refractivity contribution in [2.24, 2.45) is 17.8 Å². The van der Waals surface area contributed by atoms with Gasteiger partial charge < -0.3 is 9.84 Å². The maximum Gasteiger partial charge on any atom is 0.324 e. The van der Waals surface area contributed by atoms with E-state index in [4.69, 9.17) is 5.26 Å². The highest BCUT2D eigenvalue weighted by Gasteiger charge is 2.33. The van der Waals surface area contributed by atoms with E-state index < -0.39 is 0 Å². The predicted octanol–water partition coefficient (Wildman–Crippen LogP) is 2.37. The Morgan fingerprint density at radius 1 is 1.00 bits per heavy atom. The number of aliphatic hydroxyl groups is 1. The number of carbonyl (C=O) groups excluding carboxylic acids is 1. The molecule has 0 saturated heterocycles. The Morgan fingerprint density at radius 2 is 1.50 bits per heavy atom. The Kier molecular flexibility index (Phi) is 4.60. The highest BCUT2D eigenvalue weighted by Crippen LogP contribution is 2.40. The summed E-state index contributed by atoms with van der Waals surface area (Å²) in [6.45, 7) is 0. The highest BCUT2D eigenvalue weighted by molar-refractivity contribution is 5.73. The van der Waals surface area contributed by atoms with Crippen molar-refractivity contribution in [2.75, 3.05) is 0 Å². The first kappa shape index (κ1) is 13.4. The minimum Gasteiger partial charge on any atom is -0.393 e. The van der Waals surface area contributed by atoms with Gasteiger partial charge in [0.2, 0.25) is 0 Å². The number of hydrogen-bond donors (Lipinski definition) is 1. The van der Waals surface area contributed by atoms with E-state index in [0.717, 1.165) is 57.3 Å². The predicted molar refractivity (Wildman–Crippen MR) is 65.1 cm³/mol. The normalized spacial score (nSPS) is 36.7. The highest BCUT2D eigenvalue weighted by atomic mass is 16.5. The zero-order chi connectivity index (χ0) is 13.0. The minimum absolute atomic E-state index is 0.0740. The molecule has 2 aliphatic rings. The summed E-state index contributed by atoms with van der Waals surface area (Å²) in [6.07, 6.45) is 9.31. The molecule has 0 spiro atoms. The Labute approximate surface area is 108 Å².